The van der Waals surface area contributed by atoms with E-state index in [-0.39, 0.29) is 30.1 Å². The van der Waals surface area contributed by atoms with Gasteiger partial charge in [-0.05, 0) is 26.8 Å². The van der Waals surface area contributed by atoms with Gasteiger partial charge < -0.3 is 15.0 Å². The quantitative estimate of drug-likeness (QED) is 0.853. The molecule has 2 N–H and O–H groups in total. The van der Waals surface area contributed by atoms with Gasteiger partial charge in [-0.25, -0.2) is 0 Å². The van der Waals surface area contributed by atoms with Gasteiger partial charge in [0.15, 0.2) is 0 Å². The number of nitrogens with zero attached hydrogens (tertiary/aromatic N) is 1. The van der Waals surface area contributed by atoms with Crippen molar-refractivity contribution in [2.75, 3.05) is 6.54 Å². The highest BCUT2D eigenvalue weighted by molar-refractivity contribution is 5.92. The summed E-state index contributed by atoms with van der Waals surface area (Å²) in [5.41, 5.74) is -0.732. The first-order chi connectivity index (χ1) is 8.71. The lowest BCUT2D eigenvalue weighted by molar-refractivity contribution is -0.137. The molecule has 0 saturated heterocycles. The Kier molecular flexibility index (Phi) is 4.47. The monoisotopic (exact) mass is 266 g/mol. The van der Waals surface area contributed by atoms with E-state index in [1.165, 1.54) is 23.1 Å². The van der Waals surface area contributed by atoms with Crippen LogP contribution in [0.2, 0.25) is 0 Å². The molecule has 0 aliphatic rings. The van der Waals surface area contributed by atoms with Gasteiger partial charge in [0.2, 0.25) is 5.56 Å². The van der Waals surface area contributed by atoms with Crippen LogP contribution in [0, 0.1) is 0 Å². The third-order valence-corrected chi connectivity index (χ3v) is 2.60. The molecule has 1 heterocycles. The molecule has 6 heteroatoms. The minimum atomic E-state index is -0.969. The Hall–Kier alpha value is -2.11. The van der Waals surface area contributed by atoms with E-state index in [1.54, 1.807) is 0 Å². The number of carbonyl (C=O) groups excluding carboxylic acids is 1. The van der Waals surface area contributed by atoms with Crippen molar-refractivity contribution in [3.05, 3.63) is 34.2 Å². The molecule has 0 fully saturated rings. The zero-order valence-electron chi connectivity index (χ0n) is 11.3. The highest BCUT2D eigenvalue weighted by atomic mass is 16.4. The molecule has 0 aromatic carbocycles. The van der Waals surface area contributed by atoms with E-state index in [9.17, 15) is 14.4 Å². The number of rotatable bonds is 4. The van der Waals surface area contributed by atoms with Crippen LogP contribution in [0.25, 0.3) is 0 Å². The van der Waals surface area contributed by atoms with Crippen LogP contribution in [0.15, 0.2) is 23.0 Å². The molecule has 0 spiro atoms. The van der Waals surface area contributed by atoms with Crippen molar-refractivity contribution in [2.24, 2.45) is 0 Å². The van der Waals surface area contributed by atoms with E-state index in [0.717, 1.165) is 0 Å². The lowest BCUT2D eigenvalue weighted by atomic mass is 10.0. The van der Waals surface area contributed by atoms with Gasteiger partial charge in [-0.2, -0.15) is 0 Å². The Labute approximate surface area is 111 Å². The summed E-state index contributed by atoms with van der Waals surface area (Å²) in [6.07, 6.45) is -0.139. The SMILES string of the molecule is CC(C)(C)N(CCC(=O)O)C(=O)c1cccc(=O)[nH]1. The Bertz CT molecular complexity index is 528. The highest BCUT2D eigenvalue weighted by Gasteiger charge is 2.28. The zero-order chi connectivity index (χ0) is 14.6. The largest absolute Gasteiger partial charge is 0.481 e. The number of aromatic nitrogens is 1. The molecule has 0 aliphatic carbocycles. The highest BCUT2D eigenvalue weighted by Crippen LogP contribution is 2.16. The lowest BCUT2D eigenvalue weighted by Gasteiger charge is -2.35. The van der Waals surface area contributed by atoms with Crippen LogP contribution in [-0.2, 0) is 4.79 Å². The third kappa shape index (κ3) is 4.24. The molecule has 0 bridgehead atoms. The maximum atomic E-state index is 12.3. The normalized spacial score (nSPS) is 11.1. The number of pyridine rings is 1. The molecule has 19 heavy (non-hydrogen) atoms. The van der Waals surface area contributed by atoms with Crippen molar-refractivity contribution in [1.29, 1.82) is 0 Å². The third-order valence-electron chi connectivity index (χ3n) is 2.60. The van der Waals surface area contributed by atoms with E-state index in [2.05, 4.69) is 4.98 Å². The van der Waals surface area contributed by atoms with Gasteiger partial charge in [0.25, 0.3) is 5.91 Å². The summed E-state index contributed by atoms with van der Waals surface area (Å²) in [7, 11) is 0. The summed E-state index contributed by atoms with van der Waals surface area (Å²) in [5.74, 6) is -1.35. The fraction of sp³-hybridized carbons (Fsp3) is 0.462. The molecule has 0 aliphatic heterocycles. The van der Waals surface area contributed by atoms with Gasteiger partial charge in [0.1, 0.15) is 5.69 Å². The van der Waals surface area contributed by atoms with Crippen molar-refractivity contribution in [2.45, 2.75) is 32.7 Å². The maximum Gasteiger partial charge on any atom is 0.305 e. The number of carboxylic acid groups (broad SMARTS) is 1. The Morgan fingerprint density at radius 2 is 1.95 bits per heavy atom. The molecule has 0 unspecified atom stereocenters. The Morgan fingerprint density at radius 3 is 2.42 bits per heavy atom. The maximum absolute atomic E-state index is 12.3. The molecule has 104 valence electrons. The van der Waals surface area contributed by atoms with Crippen LogP contribution in [0.3, 0.4) is 0 Å². The van der Waals surface area contributed by atoms with Crippen LogP contribution in [0.1, 0.15) is 37.7 Å². The van der Waals surface area contributed by atoms with Crippen LogP contribution >= 0.6 is 0 Å². The second-order valence-corrected chi connectivity index (χ2v) is 5.20. The molecule has 1 aromatic rings. The number of H-pyrrole nitrogens is 1. The smallest absolute Gasteiger partial charge is 0.305 e. The van der Waals surface area contributed by atoms with Gasteiger partial charge in [-0.3, -0.25) is 14.4 Å². The number of amides is 1. The predicted molar refractivity (Wildman–Crippen MR) is 70.1 cm³/mol. The number of carboxylic acids is 1. The molecule has 0 atom stereocenters. The van der Waals surface area contributed by atoms with Gasteiger partial charge in [-0.15, -0.1) is 0 Å². The Balaban J connectivity index is 3.01. The van der Waals surface area contributed by atoms with E-state index < -0.39 is 11.5 Å². The minimum Gasteiger partial charge on any atom is -0.481 e. The number of aromatic amines is 1. The number of hydrogen-bond acceptors (Lipinski definition) is 3. The van der Waals surface area contributed by atoms with E-state index in [1.807, 2.05) is 20.8 Å². The topological polar surface area (TPSA) is 90.5 Å². The average Bonchev–Trinajstić information content (AvgIpc) is 2.26. The first-order valence-corrected chi connectivity index (χ1v) is 5.95. The average molecular weight is 266 g/mol. The summed E-state index contributed by atoms with van der Waals surface area (Å²) in [5, 5.41) is 8.73. The predicted octanol–water partition coefficient (Wildman–Crippen LogP) is 1.09. The molecule has 1 amide bonds. The van der Waals surface area contributed by atoms with Gasteiger partial charge >= 0.3 is 5.97 Å². The number of hydrogen-bond donors (Lipinski definition) is 2. The standard InChI is InChI=1S/C13H18N2O4/c1-13(2,3)15(8-7-11(17)18)12(19)9-5-4-6-10(16)14-9/h4-6H,7-8H2,1-3H3,(H,14,16)(H,17,18). The van der Waals surface area contributed by atoms with Crippen LogP contribution in [0.4, 0.5) is 0 Å². The van der Waals surface area contributed by atoms with Crippen LogP contribution in [0.5, 0.6) is 0 Å². The van der Waals surface area contributed by atoms with Gasteiger partial charge in [0.05, 0.1) is 6.42 Å². The van der Waals surface area contributed by atoms with Crippen molar-refractivity contribution in [1.82, 2.24) is 9.88 Å². The molecule has 0 saturated carbocycles. The van der Waals surface area contributed by atoms with Crippen LogP contribution in [-0.4, -0.2) is 39.0 Å². The second kappa shape index (κ2) is 5.69. The van der Waals surface area contributed by atoms with Crippen molar-refractivity contribution in [3.8, 4) is 0 Å². The van der Waals surface area contributed by atoms with E-state index >= 15 is 0 Å². The molecule has 0 radical (unpaired) electrons. The van der Waals surface area contributed by atoms with Crippen molar-refractivity contribution >= 4 is 11.9 Å². The first kappa shape index (κ1) is 14.9. The number of aliphatic carboxylic acids is 1. The van der Waals surface area contributed by atoms with E-state index in [4.69, 9.17) is 5.11 Å². The molecular weight excluding hydrogens is 248 g/mol. The molecular formula is C13H18N2O4. The van der Waals surface area contributed by atoms with E-state index in [0.29, 0.717) is 0 Å². The van der Waals surface area contributed by atoms with Gasteiger partial charge in [-0.1, -0.05) is 6.07 Å². The van der Waals surface area contributed by atoms with Crippen LogP contribution < -0.4 is 5.56 Å². The fourth-order valence-electron chi connectivity index (χ4n) is 1.67. The fourth-order valence-corrected chi connectivity index (χ4v) is 1.67. The van der Waals surface area contributed by atoms with Crippen molar-refractivity contribution < 1.29 is 14.7 Å². The summed E-state index contributed by atoms with van der Waals surface area (Å²) < 4.78 is 0. The lowest BCUT2D eigenvalue weighted by Crippen LogP contribution is -2.47. The van der Waals surface area contributed by atoms with Gasteiger partial charge in [0, 0.05) is 18.2 Å². The summed E-state index contributed by atoms with van der Waals surface area (Å²) in [6.45, 7) is 5.53. The molecule has 1 aromatic heterocycles. The first-order valence-electron chi connectivity index (χ1n) is 5.95. The summed E-state index contributed by atoms with van der Waals surface area (Å²) in [6, 6.07) is 4.31. The Morgan fingerprint density at radius 1 is 1.32 bits per heavy atom. The number of carbonyl (C=O) groups is 2. The van der Waals surface area contributed by atoms with Crippen molar-refractivity contribution in [3.63, 3.8) is 0 Å². The summed E-state index contributed by atoms with van der Waals surface area (Å²) in [4.78, 5) is 38.1. The number of nitrogens with one attached hydrogen (secondary N) is 1. The summed E-state index contributed by atoms with van der Waals surface area (Å²) >= 11 is 0. The zero-order valence-corrected chi connectivity index (χ0v) is 11.3. The minimum absolute atomic E-state index is 0.0919. The molecule has 6 nitrogen and oxygen atoms in total. The second-order valence-electron chi connectivity index (χ2n) is 5.20. The molecule has 1 rings (SSSR count).